The molecule has 1 aliphatic heterocycles. The van der Waals surface area contributed by atoms with Gasteiger partial charge in [-0.05, 0) is 42.8 Å². The number of nitrogens with one attached hydrogen (secondary N) is 1. The Kier molecular flexibility index (Phi) is 7.97. The lowest BCUT2D eigenvalue weighted by Crippen LogP contribution is -2.42. The molecule has 2 aromatic rings. The summed E-state index contributed by atoms with van der Waals surface area (Å²) in [5.41, 5.74) is 1.95. The predicted molar refractivity (Wildman–Crippen MR) is 123 cm³/mol. The molecule has 9 nitrogen and oxygen atoms in total. The molecule has 1 saturated heterocycles. The lowest BCUT2D eigenvalue weighted by molar-refractivity contribution is -0.129. The smallest absolute Gasteiger partial charge is 0.251 e. The SMILES string of the molecule is COc1cc(C(=O)NCC(=O)N2CCCN(c3ccc(C#N)cc3)CC2)cc(OC)c1OC. The summed E-state index contributed by atoms with van der Waals surface area (Å²) in [4.78, 5) is 29.4. The minimum absolute atomic E-state index is 0.105. The minimum atomic E-state index is -0.406. The summed E-state index contributed by atoms with van der Waals surface area (Å²) < 4.78 is 15.8. The third kappa shape index (κ3) is 5.66. The molecule has 9 heteroatoms. The van der Waals surface area contributed by atoms with E-state index in [-0.39, 0.29) is 12.5 Å². The number of nitriles is 1. The Balaban J connectivity index is 1.58. The number of methoxy groups -OCH3 is 3. The van der Waals surface area contributed by atoms with E-state index in [1.54, 1.807) is 29.2 Å². The van der Waals surface area contributed by atoms with Crippen molar-refractivity contribution in [2.45, 2.75) is 6.42 Å². The zero-order chi connectivity index (χ0) is 23.8. The molecule has 0 radical (unpaired) electrons. The van der Waals surface area contributed by atoms with Crippen molar-refractivity contribution < 1.29 is 23.8 Å². The highest BCUT2D eigenvalue weighted by molar-refractivity contribution is 5.97. The van der Waals surface area contributed by atoms with Crippen molar-refractivity contribution in [3.05, 3.63) is 47.5 Å². The van der Waals surface area contributed by atoms with Crippen LogP contribution in [0.3, 0.4) is 0 Å². The zero-order valence-electron chi connectivity index (χ0n) is 19.1. The summed E-state index contributed by atoms with van der Waals surface area (Å²) in [6.07, 6.45) is 0.812. The van der Waals surface area contributed by atoms with Crippen LogP contribution in [0.4, 0.5) is 5.69 Å². The number of nitrogens with zero attached hydrogens (tertiary/aromatic N) is 3. The highest BCUT2D eigenvalue weighted by atomic mass is 16.5. The van der Waals surface area contributed by atoms with Gasteiger partial charge in [-0.25, -0.2) is 0 Å². The monoisotopic (exact) mass is 452 g/mol. The molecule has 0 aromatic heterocycles. The fraction of sp³-hybridized carbons (Fsp3) is 0.375. The Hall–Kier alpha value is -3.93. The van der Waals surface area contributed by atoms with Crippen molar-refractivity contribution in [3.8, 4) is 23.3 Å². The fourth-order valence-corrected chi connectivity index (χ4v) is 3.75. The van der Waals surface area contributed by atoms with E-state index in [2.05, 4.69) is 16.3 Å². The van der Waals surface area contributed by atoms with Gasteiger partial charge >= 0.3 is 0 Å². The number of carbonyl (C=O) groups excluding carboxylic acids is 2. The predicted octanol–water partition coefficient (Wildman–Crippen LogP) is 2.05. The lowest BCUT2D eigenvalue weighted by Gasteiger charge is -2.24. The molecule has 0 spiro atoms. The average Bonchev–Trinajstić information content (AvgIpc) is 3.12. The molecule has 0 unspecified atom stereocenters. The summed E-state index contributed by atoms with van der Waals surface area (Å²) >= 11 is 0. The normalized spacial score (nSPS) is 13.5. The molecule has 0 atom stereocenters. The standard InChI is InChI=1S/C24H28N4O5/c1-31-20-13-18(14-21(32-2)23(20)33-3)24(30)26-16-22(29)28-10-4-9-27(11-12-28)19-7-5-17(15-25)6-8-19/h5-8,13-14H,4,9-12,16H2,1-3H3,(H,26,30). The van der Waals surface area contributed by atoms with Crippen LogP contribution in [0.5, 0.6) is 17.2 Å². The van der Waals surface area contributed by atoms with Gasteiger partial charge in [-0.1, -0.05) is 0 Å². The molecule has 0 saturated carbocycles. The number of amides is 2. The van der Waals surface area contributed by atoms with Crippen LogP contribution < -0.4 is 24.4 Å². The van der Waals surface area contributed by atoms with E-state index in [4.69, 9.17) is 19.5 Å². The number of carbonyl (C=O) groups is 2. The second-order valence-corrected chi connectivity index (χ2v) is 7.48. The molecule has 1 N–H and O–H groups in total. The minimum Gasteiger partial charge on any atom is -0.493 e. The van der Waals surface area contributed by atoms with Crippen molar-refractivity contribution in [2.24, 2.45) is 0 Å². The van der Waals surface area contributed by atoms with Crippen molar-refractivity contribution in [1.82, 2.24) is 10.2 Å². The number of ether oxygens (including phenoxy) is 3. The first-order valence-electron chi connectivity index (χ1n) is 10.6. The fourth-order valence-electron chi connectivity index (χ4n) is 3.75. The van der Waals surface area contributed by atoms with Crippen molar-refractivity contribution in [2.75, 3.05) is 59.0 Å². The maximum absolute atomic E-state index is 12.7. The summed E-state index contributed by atoms with van der Waals surface area (Å²) in [6.45, 7) is 2.56. The second kappa shape index (κ2) is 11.1. The van der Waals surface area contributed by atoms with E-state index in [0.29, 0.717) is 48.0 Å². The molecule has 3 rings (SSSR count). The Bertz CT molecular complexity index is 1010. The van der Waals surface area contributed by atoms with Gasteiger partial charge in [0.05, 0.1) is 39.5 Å². The number of hydrogen-bond donors (Lipinski definition) is 1. The number of hydrogen-bond acceptors (Lipinski definition) is 7. The quantitative estimate of drug-likeness (QED) is 0.686. The Labute approximate surface area is 193 Å². The Morgan fingerprint density at radius 2 is 1.64 bits per heavy atom. The van der Waals surface area contributed by atoms with Crippen molar-refractivity contribution in [3.63, 3.8) is 0 Å². The van der Waals surface area contributed by atoms with Gasteiger partial charge < -0.3 is 29.3 Å². The van der Waals surface area contributed by atoms with E-state index < -0.39 is 5.91 Å². The van der Waals surface area contributed by atoms with Crippen LogP contribution in [0.2, 0.25) is 0 Å². The van der Waals surface area contributed by atoms with Gasteiger partial charge in [0.25, 0.3) is 5.91 Å². The summed E-state index contributed by atoms with van der Waals surface area (Å²) in [5, 5.41) is 11.6. The first kappa shape index (κ1) is 23.7. The van der Waals surface area contributed by atoms with Crippen LogP contribution in [0.1, 0.15) is 22.3 Å². The van der Waals surface area contributed by atoms with Crippen LogP contribution >= 0.6 is 0 Å². The van der Waals surface area contributed by atoms with Gasteiger partial charge in [0.2, 0.25) is 11.7 Å². The third-order valence-electron chi connectivity index (χ3n) is 5.54. The van der Waals surface area contributed by atoms with Crippen LogP contribution in [0, 0.1) is 11.3 Å². The van der Waals surface area contributed by atoms with E-state index >= 15 is 0 Å². The van der Waals surface area contributed by atoms with Crippen LogP contribution in [0.15, 0.2) is 36.4 Å². The Morgan fingerprint density at radius 1 is 0.970 bits per heavy atom. The van der Waals surface area contributed by atoms with Crippen molar-refractivity contribution >= 4 is 17.5 Å². The van der Waals surface area contributed by atoms with Gasteiger partial charge in [-0.2, -0.15) is 5.26 Å². The van der Waals surface area contributed by atoms with E-state index in [0.717, 1.165) is 18.7 Å². The number of anilines is 1. The molecule has 0 aliphatic carbocycles. The molecular formula is C24H28N4O5. The number of rotatable bonds is 7. The molecule has 0 bridgehead atoms. The van der Waals surface area contributed by atoms with Gasteiger partial charge in [-0.15, -0.1) is 0 Å². The van der Waals surface area contributed by atoms with Crippen LogP contribution in [-0.2, 0) is 4.79 Å². The summed E-state index contributed by atoms with van der Waals surface area (Å²) in [6, 6.07) is 12.6. The molecule has 2 aromatic carbocycles. The molecule has 1 heterocycles. The molecular weight excluding hydrogens is 424 g/mol. The van der Waals surface area contributed by atoms with Gasteiger partial charge in [-0.3, -0.25) is 9.59 Å². The largest absolute Gasteiger partial charge is 0.493 e. The Morgan fingerprint density at radius 3 is 2.21 bits per heavy atom. The topological polar surface area (TPSA) is 104 Å². The van der Waals surface area contributed by atoms with Gasteiger partial charge in [0.15, 0.2) is 11.5 Å². The molecule has 1 fully saturated rings. The zero-order valence-corrected chi connectivity index (χ0v) is 19.1. The molecule has 2 amide bonds. The third-order valence-corrected chi connectivity index (χ3v) is 5.54. The second-order valence-electron chi connectivity index (χ2n) is 7.48. The van der Waals surface area contributed by atoms with Crippen LogP contribution in [0.25, 0.3) is 0 Å². The van der Waals surface area contributed by atoms with E-state index in [9.17, 15) is 9.59 Å². The van der Waals surface area contributed by atoms with Gasteiger partial charge in [0.1, 0.15) is 0 Å². The summed E-state index contributed by atoms with van der Waals surface area (Å²) in [7, 11) is 4.44. The maximum Gasteiger partial charge on any atom is 0.251 e. The first-order valence-corrected chi connectivity index (χ1v) is 10.6. The van der Waals surface area contributed by atoms with Crippen LogP contribution in [-0.4, -0.2) is 70.8 Å². The van der Waals surface area contributed by atoms with E-state index in [1.807, 2.05) is 12.1 Å². The first-order chi connectivity index (χ1) is 16.0. The average molecular weight is 453 g/mol. The van der Waals surface area contributed by atoms with Gasteiger partial charge in [0, 0.05) is 37.4 Å². The van der Waals surface area contributed by atoms with E-state index in [1.165, 1.54) is 21.3 Å². The number of benzene rings is 2. The molecule has 174 valence electrons. The highest BCUT2D eigenvalue weighted by Crippen LogP contribution is 2.38. The van der Waals surface area contributed by atoms with Crippen molar-refractivity contribution in [1.29, 1.82) is 5.26 Å². The maximum atomic E-state index is 12.7. The molecule has 33 heavy (non-hydrogen) atoms. The highest BCUT2D eigenvalue weighted by Gasteiger charge is 2.21. The lowest BCUT2D eigenvalue weighted by atomic mass is 10.1. The summed E-state index contributed by atoms with van der Waals surface area (Å²) in [5.74, 6) is 0.575. The molecule has 1 aliphatic rings.